The third-order valence-corrected chi connectivity index (χ3v) is 6.50. The molecule has 1 amide bonds. The number of hydrogen-bond acceptors (Lipinski definition) is 6. The Hall–Kier alpha value is -3.46. The molecule has 0 aliphatic carbocycles. The number of carbonyl (C=O) groups is 1. The van der Waals surface area contributed by atoms with Gasteiger partial charge in [0, 0.05) is 24.7 Å². The van der Waals surface area contributed by atoms with E-state index in [1.807, 2.05) is 30.0 Å². The number of nitrogens with zero attached hydrogens (tertiary/aromatic N) is 3. The van der Waals surface area contributed by atoms with Gasteiger partial charge in [-0.05, 0) is 74.1 Å². The lowest BCUT2D eigenvalue weighted by Crippen LogP contribution is -2.38. The highest BCUT2D eigenvalue weighted by molar-refractivity contribution is 7.92. The van der Waals surface area contributed by atoms with E-state index < -0.39 is 10.0 Å². The lowest BCUT2D eigenvalue weighted by Gasteiger charge is -2.32. The number of aryl methyl sites for hydroxylation is 2. The number of carbonyl (C=O) groups excluding carboxylic acids is 1. The van der Waals surface area contributed by atoms with Crippen LogP contribution in [0.2, 0.25) is 0 Å². The van der Waals surface area contributed by atoms with Crippen molar-refractivity contribution in [1.82, 2.24) is 15.1 Å². The molecule has 1 fully saturated rings. The topological polar surface area (TPSA) is 101 Å². The quantitative estimate of drug-likeness (QED) is 0.565. The second-order valence-electron chi connectivity index (χ2n) is 8.65. The van der Waals surface area contributed by atoms with E-state index in [0.717, 1.165) is 30.4 Å². The lowest BCUT2D eigenvalue weighted by atomic mass is 9.89. The van der Waals surface area contributed by atoms with Gasteiger partial charge in [-0.25, -0.2) is 8.42 Å². The molecule has 8 nitrogen and oxygen atoms in total. The van der Waals surface area contributed by atoms with Gasteiger partial charge in [-0.15, -0.1) is 5.10 Å². The van der Waals surface area contributed by atoms with Crippen LogP contribution in [0.4, 0.5) is 5.69 Å². The van der Waals surface area contributed by atoms with E-state index in [4.69, 9.17) is 4.74 Å². The van der Waals surface area contributed by atoms with Crippen LogP contribution in [0, 0.1) is 13.8 Å². The van der Waals surface area contributed by atoms with Crippen molar-refractivity contribution in [3.05, 3.63) is 77.0 Å². The zero-order valence-electron chi connectivity index (χ0n) is 19.5. The Bertz CT molecular complexity index is 1270. The molecule has 1 saturated heterocycles. The molecule has 9 heteroatoms. The minimum Gasteiger partial charge on any atom is -0.438 e. The van der Waals surface area contributed by atoms with Crippen molar-refractivity contribution in [1.29, 1.82) is 0 Å². The average molecular weight is 481 g/mol. The van der Waals surface area contributed by atoms with Crippen LogP contribution in [-0.4, -0.2) is 48.8 Å². The van der Waals surface area contributed by atoms with Crippen molar-refractivity contribution in [3.8, 4) is 11.6 Å². The summed E-state index contributed by atoms with van der Waals surface area (Å²) < 4.78 is 31.5. The Morgan fingerprint density at radius 3 is 2.32 bits per heavy atom. The molecule has 0 unspecified atom stereocenters. The first-order valence-corrected chi connectivity index (χ1v) is 13.0. The average Bonchev–Trinajstić information content (AvgIpc) is 2.81. The molecule has 0 atom stereocenters. The van der Waals surface area contributed by atoms with Crippen LogP contribution in [-0.2, 0) is 10.0 Å². The fraction of sp³-hybridized carbons (Fsp3) is 0.320. The largest absolute Gasteiger partial charge is 0.438 e. The number of anilines is 1. The summed E-state index contributed by atoms with van der Waals surface area (Å²) >= 11 is 0. The van der Waals surface area contributed by atoms with E-state index >= 15 is 0 Å². The SMILES string of the molecule is Cc1ccc(Oc2ccc(C3CCN(C(=O)c4ccc(C)c(NS(C)(=O)=O)c4)CC3)cc2)nn1. The number of benzene rings is 2. The van der Waals surface area contributed by atoms with Crippen LogP contribution in [0.15, 0.2) is 54.6 Å². The summed E-state index contributed by atoms with van der Waals surface area (Å²) in [7, 11) is -3.42. The second kappa shape index (κ2) is 9.80. The van der Waals surface area contributed by atoms with E-state index in [2.05, 4.69) is 27.1 Å². The Morgan fingerprint density at radius 1 is 1.00 bits per heavy atom. The van der Waals surface area contributed by atoms with Crippen molar-refractivity contribution in [3.63, 3.8) is 0 Å². The van der Waals surface area contributed by atoms with Crippen molar-refractivity contribution >= 4 is 21.6 Å². The minimum absolute atomic E-state index is 0.0852. The van der Waals surface area contributed by atoms with Gasteiger partial charge in [-0.3, -0.25) is 9.52 Å². The van der Waals surface area contributed by atoms with Gasteiger partial charge in [0.2, 0.25) is 15.9 Å². The van der Waals surface area contributed by atoms with Gasteiger partial charge in [0.15, 0.2) is 0 Å². The van der Waals surface area contributed by atoms with Crippen molar-refractivity contribution < 1.29 is 17.9 Å². The molecule has 0 bridgehead atoms. The van der Waals surface area contributed by atoms with Crippen LogP contribution in [0.3, 0.4) is 0 Å². The maximum absolute atomic E-state index is 13.0. The predicted molar refractivity (Wildman–Crippen MR) is 131 cm³/mol. The molecule has 4 rings (SSSR count). The third-order valence-electron chi connectivity index (χ3n) is 5.91. The number of aromatic nitrogens is 2. The summed E-state index contributed by atoms with van der Waals surface area (Å²) in [5.74, 6) is 1.43. The van der Waals surface area contributed by atoms with Gasteiger partial charge < -0.3 is 9.64 Å². The number of ether oxygens (including phenoxy) is 1. The van der Waals surface area contributed by atoms with Crippen LogP contribution < -0.4 is 9.46 Å². The van der Waals surface area contributed by atoms with E-state index in [1.54, 1.807) is 31.2 Å². The minimum atomic E-state index is -3.42. The standard InChI is InChI=1S/C25H28N4O4S/c1-17-4-6-21(16-23(17)28-34(3,31)32)25(30)29-14-12-20(13-15-29)19-7-9-22(10-8-19)33-24-11-5-18(2)26-27-24/h4-11,16,20,28H,12-15H2,1-3H3. The molecule has 178 valence electrons. The molecular formula is C25H28N4O4S. The maximum atomic E-state index is 13.0. The molecule has 0 spiro atoms. The number of likely N-dealkylation sites (tertiary alicyclic amines) is 1. The Kier molecular flexibility index (Phi) is 6.83. The van der Waals surface area contributed by atoms with Gasteiger partial charge in [-0.2, -0.15) is 5.10 Å². The fourth-order valence-corrected chi connectivity index (χ4v) is 4.65. The summed E-state index contributed by atoms with van der Waals surface area (Å²) in [5, 5.41) is 8.02. The van der Waals surface area contributed by atoms with Gasteiger partial charge in [-0.1, -0.05) is 18.2 Å². The highest BCUT2D eigenvalue weighted by Gasteiger charge is 2.25. The van der Waals surface area contributed by atoms with Crippen LogP contribution in [0.1, 0.15) is 45.9 Å². The molecule has 0 radical (unpaired) electrons. The van der Waals surface area contributed by atoms with E-state index in [-0.39, 0.29) is 5.91 Å². The Morgan fingerprint density at radius 2 is 1.71 bits per heavy atom. The van der Waals surface area contributed by atoms with E-state index in [9.17, 15) is 13.2 Å². The highest BCUT2D eigenvalue weighted by atomic mass is 32.2. The first kappa shape index (κ1) is 23.7. The summed E-state index contributed by atoms with van der Waals surface area (Å²) in [6, 6.07) is 16.7. The smallest absolute Gasteiger partial charge is 0.253 e. The van der Waals surface area contributed by atoms with Crippen LogP contribution >= 0.6 is 0 Å². The van der Waals surface area contributed by atoms with Crippen LogP contribution in [0.5, 0.6) is 11.6 Å². The number of amides is 1. The molecule has 3 aromatic rings. The van der Waals surface area contributed by atoms with Gasteiger partial charge in [0.1, 0.15) is 5.75 Å². The molecule has 2 aromatic carbocycles. The molecule has 1 aliphatic heterocycles. The molecule has 2 heterocycles. The number of piperidine rings is 1. The summed E-state index contributed by atoms with van der Waals surface area (Å²) in [4.78, 5) is 14.9. The highest BCUT2D eigenvalue weighted by Crippen LogP contribution is 2.31. The number of sulfonamides is 1. The molecule has 1 N–H and O–H groups in total. The molecule has 1 aliphatic rings. The van der Waals surface area contributed by atoms with E-state index in [0.29, 0.717) is 41.9 Å². The van der Waals surface area contributed by atoms with Crippen molar-refractivity contribution in [2.75, 3.05) is 24.1 Å². The van der Waals surface area contributed by atoms with Crippen LogP contribution in [0.25, 0.3) is 0 Å². The summed E-state index contributed by atoms with van der Waals surface area (Å²) in [5.41, 5.74) is 3.73. The second-order valence-corrected chi connectivity index (χ2v) is 10.4. The zero-order chi connectivity index (χ0) is 24.3. The van der Waals surface area contributed by atoms with E-state index in [1.165, 1.54) is 5.56 Å². The molecule has 0 saturated carbocycles. The fourth-order valence-electron chi connectivity index (χ4n) is 4.03. The van der Waals surface area contributed by atoms with Gasteiger partial charge >= 0.3 is 0 Å². The molecule has 1 aromatic heterocycles. The predicted octanol–water partition coefficient (Wildman–Crippen LogP) is 4.28. The van der Waals surface area contributed by atoms with Gasteiger partial charge in [0.25, 0.3) is 5.91 Å². The number of hydrogen-bond donors (Lipinski definition) is 1. The third kappa shape index (κ3) is 5.91. The first-order valence-electron chi connectivity index (χ1n) is 11.1. The maximum Gasteiger partial charge on any atom is 0.253 e. The lowest BCUT2D eigenvalue weighted by molar-refractivity contribution is 0.0713. The first-order chi connectivity index (χ1) is 16.2. The summed E-state index contributed by atoms with van der Waals surface area (Å²) in [6.07, 6.45) is 2.81. The number of nitrogens with one attached hydrogen (secondary N) is 1. The monoisotopic (exact) mass is 480 g/mol. The Labute approximate surface area is 200 Å². The molecular weight excluding hydrogens is 452 g/mol. The zero-order valence-corrected chi connectivity index (χ0v) is 20.3. The Balaban J connectivity index is 1.36. The van der Waals surface area contributed by atoms with Crippen molar-refractivity contribution in [2.24, 2.45) is 0 Å². The normalized spacial score (nSPS) is 14.6. The number of rotatable bonds is 6. The summed E-state index contributed by atoms with van der Waals surface area (Å²) in [6.45, 7) is 4.96. The molecule has 34 heavy (non-hydrogen) atoms. The van der Waals surface area contributed by atoms with Gasteiger partial charge in [0.05, 0.1) is 17.6 Å². The van der Waals surface area contributed by atoms with Crippen molar-refractivity contribution in [2.45, 2.75) is 32.6 Å².